The molecular weight excluding hydrogens is 282 g/mol. The van der Waals surface area contributed by atoms with Gasteiger partial charge in [-0.3, -0.25) is 9.69 Å². The summed E-state index contributed by atoms with van der Waals surface area (Å²) >= 11 is 0. The van der Waals surface area contributed by atoms with Crippen molar-refractivity contribution in [3.05, 3.63) is 47.5 Å². The first-order chi connectivity index (χ1) is 10.6. The molecule has 0 aromatic heterocycles. The third kappa shape index (κ3) is 1.96. The summed E-state index contributed by atoms with van der Waals surface area (Å²) in [6, 6.07) is 8.85. The van der Waals surface area contributed by atoms with Crippen LogP contribution in [0.5, 0.6) is 0 Å². The van der Waals surface area contributed by atoms with Gasteiger partial charge in [-0.05, 0) is 18.1 Å². The second-order valence-electron chi connectivity index (χ2n) is 6.03. The predicted octanol–water partition coefficient (Wildman–Crippen LogP) is 2.24. The first-order valence-corrected chi connectivity index (χ1v) is 7.51. The van der Waals surface area contributed by atoms with Crippen LogP contribution in [0.4, 0.5) is 4.79 Å². The molecule has 4 rings (SSSR count). The average molecular weight is 299 g/mol. The Morgan fingerprint density at radius 2 is 1.95 bits per heavy atom. The van der Waals surface area contributed by atoms with Gasteiger partial charge in [0.15, 0.2) is 5.78 Å². The smallest absolute Gasteiger partial charge is 0.411 e. The second-order valence-corrected chi connectivity index (χ2v) is 6.03. The topological polar surface area (TPSA) is 55.8 Å². The molecule has 1 amide bonds. The third-order valence-corrected chi connectivity index (χ3v) is 4.63. The van der Waals surface area contributed by atoms with Gasteiger partial charge in [-0.1, -0.05) is 36.4 Å². The summed E-state index contributed by atoms with van der Waals surface area (Å²) in [7, 11) is 0. The lowest BCUT2D eigenvalue weighted by atomic mass is 9.95. The number of ether oxygens (including phenoxy) is 2. The van der Waals surface area contributed by atoms with Crippen LogP contribution in [0, 0.1) is 0 Å². The number of amides is 1. The minimum Gasteiger partial charge on any atom is -0.447 e. The van der Waals surface area contributed by atoms with Crippen molar-refractivity contribution < 1.29 is 19.1 Å². The van der Waals surface area contributed by atoms with Gasteiger partial charge in [-0.15, -0.1) is 0 Å². The van der Waals surface area contributed by atoms with E-state index in [1.165, 1.54) is 0 Å². The van der Waals surface area contributed by atoms with E-state index >= 15 is 0 Å². The molecule has 4 atom stereocenters. The SMILES string of the molecule is CC1=C[C@H]2CC(=O)C(N3C(=O)OC[C@H]3c3ccccc3)[C@@H]1O2. The molecule has 0 N–H and O–H groups in total. The Morgan fingerprint density at radius 3 is 2.73 bits per heavy atom. The molecule has 0 aliphatic carbocycles. The zero-order valence-electron chi connectivity index (χ0n) is 12.3. The minimum atomic E-state index is -0.588. The first kappa shape index (κ1) is 13.5. The number of rotatable bonds is 2. The molecule has 3 heterocycles. The summed E-state index contributed by atoms with van der Waals surface area (Å²) in [6.45, 7) is 2.22. The van der Waals surface area contributed by atoms with E-state index in [1.54, 1.807) is 4.90 Å². The highest BCUT2D eigenvalue weighted by molar-refractivity contribution is 5.91. The number of Topliss-reactive ketones (excluding diaryl/α,β-unsaturated/α-hetero) is 1. The monoisotopic (exact) mass is 299 g/mol. The van der Waals surface area contributed by atoms with E-state index in [2.05, 4.69) is 0 Å². The van der Waals surface area contributed by atoms with Gasteiger partial charge in [-0.25, -0.2) is 4.79 Å². The molecule has 5 nitrogen and oxygen atoms in total. The van der Waals surface area contributed by atoms with E-state index in [4.69, 9.17) is 9.47 Å². The van der Waals surface area contributed by atoms with Gasteiger partial charge >= 0.3 is 6.09 Å². The number of nitrogens with zero attached hydrogens (tertiary/aromatic N) is 1. The minimum absolute atomic E-state index is 0.0501. The van der Waals surface area contributed by atoms with Crippen LogP contribution in [0.2, 0.25) is 0 Å². The predicted molar refractivity (Wildman–Crippen MR) is 78.2 cm³/mol. The molecule has 2 bridgehead atoms. The number of hydrogen-bond acceptors (Lipinski definition) is 4. The summed E-state index contributed by atoms with van der Waals surface area (Å²) in [5, 5.41) is 0. The van der Waals surface area contributed by atoms with Crippen molar-refractivity contribution in [3.8, 4) is 0 Å². The van der Waals surface area contributed by atoms with E-state index in [9.17, 15) is 9.59 Å². The van der Waals surface area contributed by atoms with Gasteiger partial charge in [0.2, 0.25) is 0 Å². The molecule has 2 saturated heterocycles. The number of fused-ring (bicyclic) bond motifs is 2. The lowest BCUT2D eigenvalue weighted by molar-refractivity contribution is -0.138. The molecule has 0 radical (unpaired) electrons. The molecule has 0 spiro atoms. The van der Waals surface area contributed by atoms with Crippen LogP contribution in [-0.2, 0) is 14.3 Å². The molecule has 5 heteroatoms. The van der Waals surface area contributed by atoms with Crippen molar-refractivity contribution in [2.24, 2.45) is 0 Å². The summed E-state index contributed by atoms with van der Waals surface area (Å²) in [5.74, 6) is 0.0501. The highest BCUT2D eigenvalue weighted by atomic mass is 16.6. The van der Waals surface area contributed by atoms with Gasteiger partial charge in [0.1, 0.15) is 18.8 Å². The lowest BCUT2D eigenvalue weighted by Crippen LogP contribution is -2.54. The molecule has 3 aliphatic rings. The Balaban J connectivity index is 1.71. The van der Waals surface area contributed by atoms with Gasteiger partial charge in [0, 0.05) is 6.42 Å². The zero-order valence-corrected chi connectivity index (χ0v) is 12.3. The Hall–Kier alpha value is -2.14. The number of cyclic esters (lactones) is 1. The summed E-state index contributed by atoms with van der Waals surface area (Å²) in [6.07, 6.45) is 1.39. The van der Waals surface area contributed by atoms with E-state index in [1.807, 2.05) is 43.3 Å². The van der Waals surface area contributed by atoms with Crippen LogP contribution in [0.1, 0.15) is 24.9 Å². The molecule has 0 saturated carbocycles. The van der Waals surface area contributed by atoms with Gasteiger partial charge in [0.05, 0.1) is 12.1 Å². The number of hydrogen-bond donors (Lipinski definition) is 0. The number of benzene rings is 1. The molecule has 1 unspecified atom stereocenters. The maximum absolute atomic E-state index is 12.5. The summed E-state index contributed by atoms with van der Waals surface area (Å²) in [4.78, 5) is 26.4. The summed E-state index contributed by atoms with van der Waals surface area (Å²) < 4.78 is 11.1. The fourth-order valence-corrected chi connectivity index (χ4v) is 3.61. The maximum atomic E-state index is 12.5. The molecule has 1 aromatic carbocycles. The Kier molecular flexibility index (Phi) is 3.04. The molecule has 2 fully saturated rings. The van der Waals surface area contributed by atoms with E-state index in [0.29, 0.717) is 6.42 Å². The Labute approximate surface area is 128 Å². The third-order valence-electron chi connectivity index (χ3n) is 4.63. The van der Waals surface area contributed by atoms with Crippen LogP contribution >= 0.6 is 0 Å². The van der Waals surface area contributed by atoms with Crippen molar-refractivity contribution in [2.75, 3.05) is 6.61 Å². The van der Waals surface area contributed by atoms with Gasteiger partial charge in [-0.2, -0.15) is 0 Å². The number of carbonyl (C=O) groups is 2. The fourth-order valence-electron chi connectivity index (χ4n) is 3.61. The zero-order chi connectivity index (χ0) is 15.3. The largest absolute Gasteiger partial charge is 0.447 e. The standard InChI is InChI=1S/C17H17NO4/c1-10-7-12-8-14(19)15(16(10)22-12)18-13(9-21-17(18)20)11-5-3-2-4-6-11/h2-7,12-13,15-16H,8-9H2,1H3/t12-,13-,15?,16+/m0/s1. The van der Waals surface area contributed by atoms with Crippen LogP contribution in [0.15, 0.2) is 42.0 Å². The molecule has 3 aliphatic heterocycles. The number of carbonyl (C=O) groups excluding carboxylic acids is 2. The second kappa shape index (κ2) is 4.95. The van der Waals surface area contributed by atoms with Gasteiger partial charge in [0.25, 0.3) is 0 Å². The molecule has 114 valence electrons. The highest BCUT2D eigenvalue weighted by Crippen LogP contribution is 2.38. The first-order valence-electron chi connectivity index (χ1n) is 7.51. The average Bonchev–Trinajstić information content (AvgIpc) is 3.02. The normalized spacial score (nSPS) is 33.9. The van der Waals surface area contributed by atoms with Crippen LogP contribution in [0.25, 0.3) is 0 Å². The van der Waals surface area contributed by atoms with Crippen molar-refractivity contribution in [1.29, 1.82) is 0 Å². The van der Waals surface area contributed by atoms with Crippen LogP contribution < -0.4 is 0 Å². The van der Waals surface area contributed by atoms with E-state index in [0.717, 1.165) is 11.1 Å². The van der Waals surface area contributed by atoms with Crippen LogP contribution in [-0.4, -0.2) is 41.6 Å². The lowest BCUT2D eigenvalue weighted by Gasteiger charge is -2.37. The Morgan fingerprint density at radius 1 is 1.18 bits per heavy atom. The number of ketones is 1. The van der Waals surface area contributed by atoms with E-state index in [-0.39, 0.29) is 30.6 Å². The molecular formula is C17H17NO4. The Bertz CT molecular complexity index is 654. The van der Waals surface area contributed by atoms with Crippen molar-refractivity contribution in [3.63, 3.8) is 0 Å². The van der Waals surface area contributed by atoms with Crippen molar-refractivity contribution >= 4 is 11.9 Å². The van der Waals surface area contributed by atoms with Gasteiger partial charge < -0.3 is 9.47 Å². The maximum Gasteiger partial charge on any atom is 0.411 e. The van der Waals surface area contributed by atoms with Crippen molar-refractivity contribution in [2.45, 2.75) is 37.6 Å². The highest BCUT2D eigenvalue weighted by Gasteiger charge is 2.51. The summed E-state index contributed by atoms with van der Waals surface area (Å²) in [5.41, 5.74) is 2.00. The van der Waals surface area contributed by atoms with E-state index < -0.39 is 12.1 Å². The van der Waals surface area contributed by atoms with Crippen molar-refractivity contribution in [1.82, 2.24) is 4.90 Å². The quantitative estimate of drug-likeness (QED) is 0.786. The molecule has 22 heavy (non-hydrogen) atoms. The molecule has 1 aromatic rings. The fraction of sp³-hybridized carbons (Fsp3) is 0.412. The van der Waals surface area contributed by atoms with Crippen LogP contribution in [0.3, 0.4) is 0 Å².